The summed E-state index contributed by atoms with van der Waals surface area (Å²) in [6, 6.07) is -1.41. The van der Waals surface area contributed by atoms with E-state index in [0.29, 0.717) is 31.5 Å². The number of nitrogens with one attached hydrogen (secondary N) is 1. The van der Waals surface area contributed by atoms with Gasteiger partial charge in [0.15, 0.2) is 23.3 Å². The first-order valence-electron chi connectivity index (χ1n) is 14.0. The number of amides is 4. The van der Waals surface area contributed by atoms with Crippen LogP contribution in [0.15, 0.2) is 41.7 Å². The predicted octanol–water partition coefficient (Wildman–Crippen LogP) is -0.538. The zero-order chi connectivity index (χ0) is 33.6. The molecule has 0 aliphatic carbocycles. The van der Waals surface area contributed by atoms with Crippen molar-refractivity contribution >= 4 is 63.9 Å². The minimum Gasteiger partial charge on any atom is -0.477 e. The molecule has 4 amide bonds. The third kappa shape index (κ3) is 5.93. The van der Waals surface area contributed by atoms with Crippen molar-refractivity contribution in [2.45, 2.75) is 43.8 Å². The Balaban J connectivity index is 1.09. The lowest BCUT2D eigenvalue weighted by Gasteiger charge is -2.49. The van der Waals surface area contributed by atoms with Gasteiger partial charge in [-0.25, -0.2) is 14.4 Å². The third-order valence-corrected chi connectivity index (χ3v) is 9.83. The number of allylic oxidation sites excluding steroid dienone is 1. The second kappa shape index (κ2) is 12.5. The van der Waals surface area contributed by atoms with E-state index in [0.717, 1.165) is 16.4 Å². The van der Waals surface area contributed by atoms with Crippen LogP contribution >= 0.6 is 23.3 Å². The molecule has 47 heavy (non-hydrogen) atoms. The first kappa shape index (κ1) is 31.8. The van der Waals surface area contributed by atoms with Gasteiger partial charge in [0.05, 0.1) is 6.04 Å². The van der Waals surface area contributed by atoms with Gasteiger partial charge in [0.25, 0.3) is 11.8 Å². The average Bonchev–Trinajstić information content (AvgIpc) is 3.83. The molecule has 4 aliphatic heterocycles. The summed E-state index contributed by atoms with van der Waals surface area (Å²) >= 11 is 1.97. The van der Waals surface area contributed by atoms with Crippen LogP contribution < -0.4 is 16.9 Å². The fourth-order valence-electron chi connectivity index (χ4n) is 5.70. The summed E-state index contributed by atoms with van der Waals surface area (Å²) in [6.45, 7) is 2.14. The quantitative estimate of drug-likeness (QED) is 0.0891. The maximum Gasteiger partial charge on any atom is 0.519 e. The van der Waals surface area contributed by atoms with Crippen molar-refractivity contribution in [3.8, 4) is 0 Å². The number of carbonyl (C=O) groups excluding carboxylic acids is 4. The van der Waals surface area contributed by atoms with Gasteiger partial charge in [-0.3, -0.25) is 19.3 Å². The lowest BCUT2D eigenvalue weighted by molar-refractivity contribution is -0.150. The Morgan fingerprint density at radius 2 is 2.02 bits per heavy atom. The van der Waals surface area contributed by atoms with Gasteiger partial charge >= 0.3 is 17.9 Å². The number of ether oxygens (including phenoxy) is 1. The summed E-state index contributed by atoms with van der Waals surface area (Å²) in [7, 11) is 0. The number of aliphatic carboxylic acids is 1. The summed E-state index contributed by atoms with van der Waals surface area (Å²) in [6.07, 6.45) is 1.68. The highest BCUT2D eigenvalue weighted by Crippen LogP contribution is 2.41. The van der Waals surface area contributed by atoms with E-state index in [1.165, 1.54) is 29.7 Å². The van der Waals surface area contributed by atoms with Crippen LogP contribution in [0.4, 0.5) is 9.93 Å². The highest BCUT2D eigenvalue weighted by atomic mass is 32.2. The number of anilines is 1. The number of carbonyl (C=O) groups is 5. The Hall–Kier alpha value is -5.18. The Morgan fingerprint density at radius 3 is 2.68 bits per heavy atom. The molecule has 248 valence electrons. The molecule has 2 aromatic heterocycles. The van der Waals surface area contributed by atoms with E-state index < -0.39 is 46.8 Å². The van der Waals surface area contributed by atoms with Crippen LogP contribution in [-0.2, 0) is 30.5 Å². The fraction of sp³-hybridized carbons (Fsp3) is 0.423. The summed E-state index contributed by atoms with van der Waals surface area (Å²) in [5, 5.41) is 24.0. The zero-order valence-corrected chi connectivity index (χ0v) is 26.0. The van der Waals surface area contributed by atoms with E-state index in [4.69, 9.17) is 19.3 Å². The number of thioether (sulfide) groups is 1. The van der Waals surface area contributed by atoms with Crippen molar-refractivity contribution in [2.24, 2.45) is 5.16 Å². The van der Waals surface area contributed by atoms with Crippen molar-refractivity contribution in [2.75, 3.05) is 31.1 Å². The molecular formula is C26H26N8O11S2. The first-order valence-corrected chi connectivity index (χ1v) is 15.8. The van der Waals surface area contributed by atoms with E-state index in [-0.39, 0.29) is 64.6 Å². The van der Waals surface area contributed by atoms with Gasteiger partial charge in [-0.05, 0) is 31.4 Å². The topological polar surface area (TPSA) is 264 Å². The second-order valence-corrected chi connectivity index (χ2v) is 12.6. The van der Waals surface area contributed by atoms with Crippen LogP contribution in [0.1, 0.15) is 30.2 Å². The molecule has 0 radical (unpaired) electrons. The van der Waals surface area contributed by atoms with E-state index in [1.54, 1.807) is 4.90 Å². The SMILES string of the molecule is Cc1oc(=O)oc1COC(=O)N1CC[C@H](N2CC/C(=C\C3=C(C(=O)O)N4C(=O)[C@@H](NC(=O)/C(=N/O)c5nsc(N)n5)[C@H]4SC3)C2=O)C1. The van der Waals surface area contributed by atoms with Gasteiger partial charge in [0, 0.05) is 42.5 Å². The number of hydrogen-bond donors (Lipinski definition) is 4. The lowest BCUT2D eigenvalue weighted by Crippen LogP contribution is -2.71. The number of nitrogen functional groups attached to an aromatic ring is 1. The van der Waals surface area contributed by atoms with Crippen LogP contribution in [0.25, 0.3) is 0 Å². The number of fused-ring (bicyclic) bond motifs is 1. The average molecular weight is 691 g/mol. The number of aryl methyl sites for hydroxylation is 1. The summed E-state index contributed by atoms with van der Waals surface area (Å²) in [5.74, 6) is -4.02. The molecule has 0 bridgehead atoms. The molecule has 3 saturated heterocycles. The van der Waals surface area contributed by atoms with Crippen molar-refractivity contribution in [3.63, 3.8) is 0 Å². The van der Waals surface area contributed by atoms with Crippen LogP contribution in [0.2, 0.25) is 0 Å². The normalized spacial score (nSPS) is 23.8. The Kier molecular flexibility index (Phi) is 8.49. The number of nitrogens with two attached hydrogens (primary N) is 1. The number of likely N-dealkylation sites (tertiary alicyclic amines) is 2. The molecule has 19 nitrogen and oxygen atoms in total. The highest BCUT2D eigenvalue weighted by molar-refractivity contribution is 8.00. The molecule has 3 fully saturated rings. The molecule has 5 N–H and O–H groups in total. The summed E-state index contributed by atoms with van der Waals surface area (Å²) in [5.41, 5.74) is 5.29. The fourth-order valence-corrected chi connectivity index (χ4v) is 7.44. The maximum absolute atomic E-state index is 13.4. The molecule has 6 rings (SSSR count). The van der Waals surface area contributed by atoms with Crippen molar-refractivity contribution in [1.29, 1.82) is 0 Å². The van der Waals surface area contributed by atoms with Gasteiger partial charge in [-0.1, -0.05) is 5.16 Å². The number of carboxylic acids is 1. The van der Waals surface area contributed by atoms with Gasteiger partial charge in [0.2, 0.25) is 17.4 Å². The van der Waals surface area contributed by atoms with Gasteiger partial charge in [-0.2, -0.15) is 9.36 Å². The van der Waals surface area contributed by atoms with Crippen molar-refractivity contribution in [3.05, 3.63) is 50.9 Å². The maximum atomic E-state index is 13.4. The third-order valence-electron chi connectivity index (χ3n) is 7.99. The molecule has 4 aliphatic rings. The molecule has 21 heteroatoms. The number of oxime groups is 1. The van der Waals surface area contributed by atoms with Gasteiger partial charge < -0.3 is 44.7 Å². The minimum absolute atomic E-state index is 0.0324. The van der Waals surface area contributed by atoms with Crippen molar-refractivity contribution < 1.29 is 47.9 Å². The number of β-lactam (4-membered cyclic amide) rings is 1. The first-order chi connectivity index (χ1) is 22.5. The number of carboxylic acid groups (broad SMARTS) is 1. The number of hydrogen-bond acceptors (Lipinski definition) is 16. The van der Waals surface area contributed by atoms with Crippen LogP contribution in [0, 0.1) is 6.92 Å². The molecule has 2 aromatic rings. The van der Waals surface area contributed by atoms with Crippen LogP contribution in [0.5, 0.6) is 0 Å². The number of nitrogens with zero attached hydrogens (tertiary/aromatic N) is 6. The largest absolute Gasteiger partial charge is 0.519 e. The van der Waals surface area contributed by atoms with Gasteiger partial charge in [0.1, 0.15) is 17.1 Å². The summed E-state index contributed by atoms with van der Waals surface area (Å²) < 4.78 is 18.6. The van der Waals surface area contributed by atoms with E-state index in [1.807, 2.05) is 0 Å². The highest BCUT2D eigenvalue weighted by Gasteiger charge is 2.54. The van der Waals surface area contributed by atoms with E-state index in [9.17, 15) is 39.1 Å². The predicted molar refractivity (Wildman–Crippen MR) is 159 cm³/mol. The Bertz CT molecular complexity index is 1830. The molecule has 0 aromatic carbocycles. The Morgan fingerprint density at radius 1 is 1.23 bits per heavy atom. The van der Waals surface area contributed by atoms with Gasteiger partial charge in [-0.15, -0.1) is 11.8 Å². The molecule has 0 spiro atoms. The summed E-state index contributed by atoms with van der Waals surface area (Å²) in [4.78, 5) is 83.2. The van der Waals surface area contributed by atoms with Crippen LogP contribution in [-0.4, -0.2) is 113 Å². The minimum atomic E-state index is -1.38. The number of aromatic nitrogens is 2. The standard InChI is InChI=1S/C26H26N8O11S2/c1-10-14(45-26(41)44-10)8-43-25(40)32-4-3-13(7-32)33-5-2-11(20(33)36)6-12-9-46-22-16(21(37)34(22)17(12)23(38)39)28-19(35)15(30-42)18-29-24(27)47-31-18/h6,13,16,22,42H,2-5,7-9H2,1H3,(H,28,35)(H,38,39)(H2,27,29,31)/b11-6+,30-15+/t13-,16+,22+/m0/s1. The second-order valence-electron chi connectivity index (χ2n) is 10.7. The molecule has 0 saturated carbocycles. The van der Waals surface area contributed by atoms with E-state index >= 15 is 0 Å². The zero-order valence-electron chi connectivity index (χ0n) is 24.4. The van der Waals surface area contributed by atoms with Crippen molar-refractivity contribution in [1.82, 2.24) is 29.4 Å². The molecular weight excluding hydrogens is 664 g/mol. The van der Waals surface area contributed by atoms with E-state index in [2.05, 4.69) is 19.8 Å². The molecule has 6 heterocycles. The monoisotopic (exact) mass is 690 g/mol. The van der Waals surface area contributed by atoms with Crippen LogP contribution in [0.3, 0.4) is 0 Å². The smallest absolute Gasteiger partial charge is 0.477 e. The molecule has 3 atom stereocenters. The number of rotatable bonds is 8. The lowest BCUT2D eigenvalue weighted by atomic mass is 10.0. The molecule has 0 unspecified atom stereocenters. The Labute approximate surface area is 271 Å².